The highest BCUT2D eigenvalue weighted by molar-refractivity contribution is 5.94. The number of carbonyl (C=O) groups is 2. The van der Waals surface area contributed by atoms with E-state index in [4.69, 9.17) is 0 Å². The van der Waals surface area contributed by atoms with Gasteiger partial charge in [0.1, 0.15) is 0 Å². The molecule has 0 spiro atoms. The predicted molar refractivity (Wildman–Crippen MR) is 129 cm³/mol. The van der Waals surface area contributed by atoms with Crippen LogP contribution >= 0.6 is 0 Å². The van der Waals surface area contributed by atoms with Gasteiger partial charge in [-0.25, -0.2) is 0 Å². The molecule has 1 aromatic heterocycles. The maximum atomic E-state index is 12.3. The number of hydrogen-bond donors (Lipinski definition) is 2. The van der Waals surface area contributed by atoms with Crippen LogP contribution in [0.2, 0.25) is 0 Å². The van der Waals surface area contributed by atoms with Gasteiger partial charge in [-0.3, -0.25) is 14.7 Å². The van der Waals surface area contributed by atoms with E-state index >= 15 is 0 Å². The minimum absolute atomic E-state index is 0.162. The molecule has 2 heterocycles. The topological polar surface area (TPSA) is 87.3 Å². The summed E-state index contributed by atoms with van der Waals surface area (Å²) in [5.41, 5.74) is 5.66. The number of H-pyrrole nitrogens is 1. The maximum Gasteiger partial charge on any atom is 0.305 e. The van der Waals surface area contributed by atoms with Crippen LogP contribution in [0.4, 0.5) is 5.69 Å². The normalized spacial score (nSPS) is 13.5. The highest BCUT2D eigenvalue weighted by Gasteiger charge is 2.12. The van der Waals surface area contributed by atoms with Crippen LogP contribution in [-0.4, -0.2) is 48.8 Å². The zero-order chi connectivity index (χ0) is 23.0. The first-order valence-electron chi connectivity index (χ1n) is 11.5. The summed E-state index contributed by atoms with van der Waals surface area (Å²) >= 11 is 0. The van der Waals surface area contributed by atoms with Gasteiger partial charge in [0.25, 0.3) is 5.91 Å². The number of aromatic amines is 1. The van der Waals surface area contributed by atoms with Crippen molar-refractivity contribution in [1.29, 1.82) is 0 Å². The Balaban J connectivity index is 1.35. The van der Waals surface area contributed by atoms with E-state index < -0.39 is 0 Å². The number of piperidine rings is 1. The Morgan fingerprint density at radius 2 is 1.70 bits per heavy atom. The van der Waals surface area contributed by atoms with Crippen LogP contribution in [0.25, 0.3) is 22.5 Å². The quantitative estimate of drug-likeness (QED) is 0.395. The van der Waals surface area contributed by atoms with Crippen molar-refractivity contribution in [3.05, 3.63) is 60.2 Å². The molecule has 1 aliphatic rings. The molecule has 0 atom stereocenters. The minimum Gasteiger partial charge on any atom is -0.469 e. The number of nitrogens with zero attached hydrogens (tertiary/aromatic N) is 2. The van der Waals surface area contributed by atoms with Crippen molar-refractivity contribution in [2.75, 3.05) is 31.6 Å². The third kappa shape index (κ3) is 5.80. The fourth-order valence-electron chi connectivity index (χ4n) is 4.05. The van der Waals surface area contributed by atoms with Crippen molar-refractivity contribution in [1.82, 2.24) is 15.5 Å². The van der Waals surface area contributed by atoms with Gasteiger partial charge in [-0.05, 0) is 61.6 Å². The molecular formula is C26H30N4O3. The van der Waals surface area contributed by atoms with Crippen molar-refractivity contribution < 1.29 is 14.3 Å². The summed E-state index contributed by atoms with van der Waals surface area (Å²) in [7, 11) is 1.36. The van der Waals surface area contributed by atoms with E-state index in [2.05, 4.69) is 49.4 Å². The molecule has 0 unspecified atom stereocenters. The van der Waals surface area contributed by atoms with Gasteiger partial charge in [0.2, 0.25) is 0 Å². The van der Waals surface area contributed by atoms with Crippen LogP contribution in [0.5, 0.6) is 0 Å². The SMILES string of the molecule is COC(=O)CCCNC(=O)c1ccc(-c2cc(-c3ccc(N4CCCCC4)cc3)n[nH]2)cc1. The standard InChI is InChI=1S/C26H30N4O3/c1-33-25(31)6-5-15-27-26(32)21-9-7-19(8-10-21)23-18-24(29-28-23)20-11-13-22(14-12-20)30-16-3-2-4-17-30/h7-14,18H,2-6,15-17H2,1H3,(H,27,32)(H,28,29). The van der Waals surface area contributed by atoms with Crippen LogP contribution in [0.1, 0.15) is 42.5 Å². The van der Waals surface area contributed by atoms with Gasteiger partial charge in [0.05, 0.1) is 18.5 Å². The summed E-state index contributed by atoms with van der Waals surface area (Å²) in [4.78, 5) is 25.9. The lowest BCUT2D eigenvalue weighted by Crippen LogP contribution is -2.29. The molecule has 1 saturated heterocycles. The monoisotopic (exact) mass is 446 g/mol. The van der Waals surface area contributed by atoms with E-state index in [0.717, 1.165) is 35.6 Å². The maximum absolute atomic E-state index is 12.3. The number of esters is 1. The van der Waals surface area contributed by atoms with Crippen LogP contribution in [-0.2, 0) is 9.53 Å². The number of aromatic nitrogens is 2. The second-order valence-electron chi connectivity index (χ2n) is 8.27. The molecule has 172 valence electrons. The van der Waals surface area contributed by atoms with Crippen LogP contribution < -0.4 is 10.2 Å². The van der Waals surface area contributed by atoms with Gasteiger partial charge in [0, 0.05) is 42.9 Å². The first-order chi connectivity index (χ1) is 16.1. The summed E-state index contributed by atoms with van der Waals surface area (Å²) in [6.07, 6.45) is 4.69. The number of carbonyl (C=O) groups excluding carboxylic acids is 2. The van der Waals surface area contributed by atoms with E-state index in [-0.39, 0.29) is 11.9 Å². The van der Waals surface area contributed by atoms with Gasteiger partial charge < -0.3 is 15.0 Å². The third-order valence-electron chi connectivity index (χ3n) is 5.99. The molecule has 1 amide bonds. The third-order valence-corrected chi connectivity index (χ3v) is 5.99. The number of amides is 1. The van der Waals surface area contributed by atoms with Gasteiger partial charge in [-0.2, -0.15) is 5.10 Å². The Morgan fingerprint density at radius 3 is 2.39 bits per heavy atom. The lowest BCUT2D eigenvalue weighted by molar-refractivity contribution is -0.140. The number of nitrogens with one attached hydrogen (secondary N) is 2. The second-order valence-corrected chi connectivity index (χ2v) is 8.27. The highest BCUT2D eigenvalue weighted by atomic mass is 16.5. The Hall–Kier alpha value is -3.61. The van der Waals surface area contributed by atoms with Crippen LogP contribution in [0, 0.1) is 0 Å². The largest absolute Gasteiger partial charge is 0.469 e. The average molecular weight is 447 g/mol. The predicted octanol–water partition coefficient (Wildman–Crippen LogP) is 4.42. The van der Waals surface area contributed by atoms with E-state index in [1.165, 1.54) is 32.1 Å². The fourth-order valence-corrected chi connectivity index (χ4v) is 4.05. The molecule has 4 rings (SSSR count). The summed E-state index contributed by atoms with van der Waals surface area (Å²) in [6.45, 7) is 2.69. The summed E-state index contributed by atoms with van der Waals surface area (Å²) in [6, 6.07) is 18.0. The Kier molecular flexibility index (Phi) is 7.40. The first kappa shape index (κ1) is 22.6. The average Bonchev–Trinajstić information content (AvgIpc) is 3.37. The molecule has 0 saturated carbocycles. The van der Waals surface area contributed by atoms with E-state index in [9.17, 15) is 9.59 Å². The smallest absolute Gasteiger partial charge is 0.305 e. The van der Waals surface area contributed by atoms with Gasteiger partial charge >= 0.3 is 5.97 Å². The number of benzene rings is 2. The van der Waals surface area contributed by atoms with E-state index in [1.54, 1.807) is 12.1 Å². The molecule has 33 heavy (non-hydrogen) atoms. The number of rotatable bonds is 8. The number of ether oxygens (including phenoxy) is 1. The lowest BCUT2D eigenvalue weighted by Gasteiger charge is -2.28. The van der Waals surface area contributed by atoms with Crippen molar-refractivity contribution in [2.45, 2.75) is 32.1 Å². The first-order valence-corrected chi connectivity index (χ1v) is 11.5. The van der Waals surface area contributed by atoms with Crippen molar-refractivity contribution >= 4 is 17.6 Å². The molecular weight excluding hydrogens is 416 g/mol. The molecule has 1 fully saturated rings. The molecule has 7 nitrogen and oxygen atoms in total. The second kappa shape index (κ2) is 10.8. The molecule has 2 aromatic carbocycles. The molecule has 1 aliphatic heterocycles. The van der Waals surface area contributed by atoms with E-state index in [1.807, 2.05) is 18.2 Å². The molecule has 0 bridgehead atoms. The van der Waals surface area contributed by atoms with Gasteiger partial charge in [0.15, 0.2) is 0 Å². The number of anilines is 1. The van der Waals surface area contributed by atoms with Crippen LogP contribution in [0.15, 0.2) is 54.6 Å². The summed E-state index contributed by atoms with van der Waals surface area (Å²) in [5.74, 6) is -0.434. The number of methoxy groups -OCH3 is 1. The minimum atomic E-state index is -0.273. The van der Waals surface area contributed by atoms with E-state index in [0.29, 0.717) is 24.9 Å². The fraction of sp³-hybridized carbons (Fsp3) is 0.346. The van der Waals surface area contributed by atoms with Crippen molar-refractivity contribution in [3.8, 4) is 22.5 Å². The Morgan fingerprint density at radius 1 is 1.00 bits per heavy atom. The zero-order valence-corrected chi connectivity index (χ0v) is 19.0. The molecule has 0 aliphatic carbocycles. The van der Waals surface area contributed by atoms with Gasteiger partial charge in [-0.15, -0.1) is 0 Å². The zero-order valence-electron chi connectivity index (χ0n) is 19.0. The van der Waals surface area contributed by atoms with Crippen molar-refractivity contribution in [3.63, 3.8) is 0 Å². The molecule has 7 heteroatoms. The number of hydrogen-bond acceptors (Lipinski definition) is 5. The Labute approximate surface area is 194 Å². The summed E-state index contributed by atoms with van der Waals surface area (Å²) < 4.78 is 4.60. The van der Waals surface area contributed by atoms with Crippen LogP contribution in [0.3, 0.4) is 0 Å². The molecule has 2 N–H and O–H groups in total. The van der Waals surface area contributed by atoms with Crippen molar-refractivity contribution in [2.24, 2.45) is 0 Å². The van der Waals surface area contributed by atoms with Gasteiger partial charge in [-0.1, -0.05) is 24.3 Å². The molecule has 3 aromatic rings. The molecule has 0 radical (unpaired) electrons. The highest BCUT2D eigenvalue weighted by Crippen LogP contribution is 2.27. The Bertz CT molecular complexity index is 1070. The summed E-state index contributed by atoms with van der Waals surface area (Å²) in [5, 5.41) is 10.4. The lowest BCUT2D eigenvalue weighted by atomic mass is 10.1.